The third-order valence-electron chi connectivity index (χ3n) is 3.19. The Balaban J connectivity index is 1.96. The summed E-state index contributed by atoms with van der Waals surface area (Å²) in [6.07, 6.45) is -0.865. The Morgan fingerprint density at radius 2 is 2.10 bits per heavy atom. The molecule has 1 aliphatic rings. The normalized spacial score (nSPS) is 25.4. The van der Waals surface area contributed by atoms with E-state index in [0.29, 0.717) is 10.9 Å². The molecule has 1 aliphatic heterocycles. The molecule has 0 aromatic carbocycles. The molecule has 1 fully saturated rings. The summed E-state index contributed by atoms with van der Waals surface area (Å²) < 4.78 is 24.8. The third-order valence-corrected chi connectivity index (χ3v) is 6.38. The lowest BCUT2D eigenvalue weighted by molar-refractivity contribution is 0.207. The fraction of sp³-hybridized carbons (Fsp3) is 0.545. The maximum Gasteiger partial charge on any atom is 0.256 e. The summed E-state index contributed by atoms with van der Waals surface area (Å²) in [5.74, 6) is 0.268. The Hall–Kier alpha value is -1.19. The molecule has 0 unspecified atom stereocenters. The first-order chi connectivity index (χ1) is 9.35. The van der Waals surface area contributed by atoms with Crippen LogP contribution in [-0.4, -0.2) is 56.0 Å². The number of aliphatic hydroxyl groups excluding tert-OH is 1. The van der Waals surface area contributed by atoms with Gasteiger partial charge in [-0.2, -0.15) is 0 Å². The van der Waals surface area contributed by atoms with Gasteiger partial charge in [0.15, 0.2) is 15.0 Å². The Morgan fingerprint density at radius 3 is 2.75 bits per heavy atom. The van der Waals surface area contributed by atoms with E-state index in [2.05, 4.69) is 15.2 Å². The third kappa shape index (κ3) is 2.40. The smallest absolute Gasteiger partial charge is 0.256 e. The summed E-state index contributed by atoms with van der Waals surface area (Å²) >= 11 is 1.24. The van der Waals surface area contributed by atoms with Crippen LogP contribution in [0.3, 0.4) is 0 Å². The molecular weight excluding hydrogens is 300 g/mol. The zero-order valence-electron chi connectivity index (χ0n) is 11.0. The van der Waals surface area contributed by atoms with Crippen LogP contribution in [0.15, 0.2) is 11.2 Å². The number of hydrogen-bond acceptors (Lipinski definition) is 7. The minimum atomic E-state index is -3.16. The van der Waals surface area contributed by atoms with Gasteiger partial charge in [0, 0.05) is 11.4 Å². The lowest BCUT2D eigenvalue weighted by Crippen LogP contribution is -2.20. The highest BCUT2D eigenvalue weighted by Gasteiger charge is 2.38. The fourth-order valence-electron chi connectivity index (χ4n) is 2.32. The lowest BCUT2D eigenvalue weighted by Gasteiger charge is -2.11. The first-order valence-corrected chi connectivity index (χ1v) is 8.80. The predicted octanol–water partition coefficient (Wildman–Crippen LogP) is -0.00886. The number of rotatable bonds is 2. The van der Waals surface area contributed by atoms with Crippen molar-refractivity contribution in [2.75, 3.05) is 11.5 Å². The Bertz CT molecular complexity index is 771. The van der Waals surface area contributed by atoms with E-state index < -0.39 is 21.2 Å². The van der Waals surface area contributed by atoms with Crippen LogP contribution in [-0.2, 0) is 9.84 Å². The maximum absolute atomic E-state index is 11.5. The van der Waals surface area contributed by atoms with E-state index in [0.717, 1.165) is 11.4 Å². The lowest BCUT2D eigenvalue weighted by atomic mass is 10.3. The van der Waals surface area contributed by atoms with Crippen LogP contribution in [0.1, 0.15) is 11.4 Å². The van der Waals surface area contributed by atoms with Crippen LogP contribution < -0.4 is 0 Å². The molecule has 1 N–H and O–H groups in total. The van der Waals surface area contributed by atoms with E-state index in [4.69, 9.17) is 0 Å². The first kappa shape index (κ1) is 13.8. The van der Waals surface area contributed by atoms with Crippen molar-refractivity contribution >= 4 is 27.4 Å². The molecule has 0 bridgehead atoms. The quantitative estimate of drug-likeness (QED) is 0.832. The minimum Gasteiger partial charge on any atom is -0.391 e. The second-order valence-electron chi connectivity index (χ2n) is 4.96. The van der Waals surface area contributed by atoms with Gasteiger partial charge in [-0.1, -0.05) is 11.8 Å². The van der Waals surface area contributed by atoms with Crippen LogP contribution in [0.2, 0.25) is 0 Å². The molecule has 2 aromatic heterocycles. The number of aryl methyl sites for hydroxylation is 2. The van der Waals surface area contributed by atoms with Crippen molar-refractivity contribution < 1.29 is 13.5 Å². The van der Waals surface area contributed by atoms with Crippen LogP contribution in [0, 0.1) is 13.8 Å². The summed E-state index contributed by atoms with van der Waals surface area (Å²) in [5.41, 5.74) is 1.78. The van der Waals surface area contributed by atoms with E-state index in [1.165, 1.54) is 11.8 Å². The van der Waals surface area contributed by atoms with Crippen molar-refractivity contribution in [3.05, 3.63) is 17.5 Å². The van der Waals surface area contributed by atoms with Gasteiger partial charge in [-0.15, -0.1) is 10.2 Å². The summed E-state index contributed by atoms with van der Waals surface area (Å²) in [6, 6.07) is 1.90. The Morgan fingerprint density at radius 1 is 1.35 bits per heavy atom. The summed E-state index contributed by atoms with van der Waals surface area (Å²) in [7, 11) is -3.16. The highest BCUT2D eigenvalue weighted by molar-refractivity contribution is 8.01. The number of aromatic nitrogens is 4. The molecular formula is C11H14N4O3S2. The van der Waals surface area contributed by atoms with Crippen LogP contribution >= 0.6 is 11.8 Å². The van der Waals surface area contributed by atoms with Gasteiger partial charge in [0.2, 0.25) is 0 Å². The van der Waals surface area contributed by atoms with Crippen LogP contribution in [0.5, 0.6) is 0 Å². The number of hydrogen-bond donors (Lipinski definition) is 1. The molecule has 2 aromatic rings. The Kier molecular flexibility index (Phi) is 3.22. The van der Waals surface area contributed by atoms with Gasteiger partial charge in [0.05, 0.1) is 22.9 Å². The summed E-state index contributed by atoms with van der Waals surface area (Å²) in [4.78, 5) is 4.27. The molecule has 108 valence electrons. The average Bonchev–Trinajstić information content (AvgIpc) is 2.80. The number of thioether (sulfide) groups is 1. The standard InChI is InChI=1S/C11H14N4O3S2/c1-6-3-7(2)15-10(12-6)13-14-11(15)19-9-5-20(17,18)4-8(9)16/h3,8-9,16H,4-5H2,1-2H3/t8-,9-/m0/s1. The highest BCUT2D eigenvalue weighted by Crippen LogP contribution is 2.30. The number of sulfone groups is 1. The molecule has 0 spiro atoms. The van der Waals surface area contributed by atoms with Gasteiger partial charge < -0.3 is 5.11 Å². The van der Waals surface area contributed by atoms with Crippen molar-refractivity contribution in [1.82, 2.24) is 19.6 Å². The monoisotopic (exact) mass is 314 g/mol. The highest BCUT2D eigenvalue weighted by atomic mass is 32.2. The fourth-order valence-corrected chi connectivity index (χ4v) is 5.89. The topological polar surface area (TPSA) is 97.5 Å². The summed E-state index contributed by atoms with van der Waals surface area (Å²) in [5, 5.41) is 18.0. The zero-order valence-corrected chi connectivity index (χ0v) is 12.6. The minimum absolute atomic E-state index is 0.0356. The number of fused-ring (bicyclic) bond motifs is 1. The van der Waals surface area contributed by atoms with Crippen molar-refractivity contribution in [2.24, 2.45) is 0 Å². The van der Waals surface area contributed by atoms with Gasteiger partial charge >= 0.3 is 0 Å². The SMILES string of the molecule is Cc1cc(C)n2c(S[C@H]3CS(=O)(=O)C[C@@H]3O)nnc2n1. The van der Waals surface area contributed by atoms with E-state index in [1.807, 2.05) is 19.9 Å². The molecule has 0 radical (unpaired) electrons. The predicted molar refractivity (Wildman–Crippen MR) is 74.6 cm³/mol. The van der Waals surface area contributed by atoms with Crippen molar-refractivity contribution in [3.8, 4) is 0 Å². The number of aliphatic hydroxyl groups is 1. The van der Waals surface area contributed by atoms with Gasteiger partial charge in [0.1, 0.15) is 0 Å². The van der Waals surface area contributed by atoms with Crippen LogP contribution in [0.25, 0.3) is 5.78 Å². The molecule has 3 heterocycles. The maximum atomic E-state index is 11.5. The summed E-state index contributed by atoms with van der Waals surface area (Å²) in [6.45, 7) is 3.79. The van der Waals surface area contributed by atoms with Crippen molar-refractivity contribution in [2.45, 2.75) is 30.4 Å². The molecule has 3 rings (SSSR count). The van der Waals surface area contributed by atoms with Crippen molar-refractivity contribution in [1.29, 1.82) is 0 Å². The van der Waals surface area contributed by atoms with E-state index in [9.17, 15) is 13.5 Å². The molecule has 0 aliphatic carbocycles. The first-order valence-electron chi connectivity index (χ1n) is 6.10. The van der Waals surface area contributed by atoms with E-state index in [-0.39, 0.29) is 11.5 Å². The molecule has 9 heteroatoms. The average molecular weight is 314 g/mol. The second-order valence-corrected chi connectivity index (χ2v) is 8.32. The Labute approximate surface area is 120 Å². The molecule has 0 saturated carbocycles. The van der Waals surface area contributed by atoms with Gasteiger partial charge in [0.25, 0.3) is 5.78 Å². The van der Waals surface area contributed by atoms with E-state index in [1.54, 1.807) is 4.40 Å². The molecule has 7 nitrogen and oxygen atoms in total. The molecule has 20 heavy (non-hydrogen) atoms. The van der Waals surface area contributed by atoms with E-state index >= 15 is 0 Å². The zero-order chi connectivity index (χ0) is 14.5. The largest absolute Gasteiger partial charge is 0.391 e. The van der Waals surface area contributed by atoms with Crippen molar-refractivity contribution in [3.63, 3.8) is 0 Å². The number of nitrogens with zero attached hydrogens (tertiary/aromatic N) is 4. The molecule has 1 saturated heterocycles. The van der Waals surface area contributed by atoms with Gasteiger partial charge in [-0.05, 0) is 19.9 Å². The second kappa shape index (κ2) is 4.68. The molecule has 0 amide bonds. The molecule has 2 atom stereocenters. The van der Waals surface area contributed by atoms with Crippen LogP contribution in [0.4, 0.5) is 0 Å². The van der Waals surface area contributed by atoms with Gasteiger partial charge in [-0.25, -0.2) is 13.4 Å². The van der Waals surface area contributed by atoms with Gasteiger partial charge in [-0.3, -0.25) is 4.40 Å².